The molecule has 1 aliphatic carbocycles. The Kier molecular flexibility index (Phi) is 5.87. The SMILES string of the molecule is O=C(Nc1ccc(NC(=O)C(c2ccccc2)N2CCS(=O)(=O)CC2)cc1)C1CC1. The zero-order chi connectivity index (χ0) is 21.1. The highest BCUT2D eigenvalue weighted by molar-refractivity contribution is 7.91. The Morgan fingerprint density at radius 2 is 1.43 bits per heavy atom. The lowest BCUT2D eigenvalue weighted by molar-refractivity contribution is -0.121. The zero-order valence-electron chi connectivity index (χ0n) is 16.6. The molecular formula is C22H25N3O4S. The number of nitrogens with zero attached hydrogens (tertiary/aromatic N) is 1. The van der Waals surface area contributed by atoms with Crippen LogP contribution in [-0.2, 0) is 19.4 Å². The van der Waals surface area contributed by atoms with Crippen LogP contribution < -0.4 is 10.6 Å². The van der Waals surface area contributed by atoms with Crippen LogP contribution in [0.25, 0.3) is 0 Å². The molecule has 7 nitrogen and oxygen atoms in total. The third kappa shape index (κ3) is 5.06. The van der Waals surface area contributed by atoms with Crippen molar-refractivity contribution in [1.29, 1.82) is 0 Å². The first-order chi connectivity index (χ1) is 14.4. The molecule has 30 heavy (non-hydrogen) atoms. The van der Waals surface area contributed by atoms with E-state index in [2.05, 4.69) is 10.6 Å². The van der Waals surface area contributed by atoms with Crippen LogP contribution in [0.5, 0.6) is 0 Å². The van der Waals surface area contributed by atoms with Crippen molar-refractivity contribution in [3.8, 4) is 0 Å². The molecule has 2 aromatic rings. The fourth-order valence-electron chi connectivity index (χ4n) is 3.59. The van der Waals surface area contributed by atoms with Crippen molar-refractivity contribution in [2.75, 3.05) is 35.2 Å². The van der Waals surface area contributed by atoms with Gasteiger partial charge in [-0.2, -0.15) is 0 Å². The highest BCUT2D eigenvalue weighted by atomic mass is 32.2. The van der Waals surface area contributed by atoms with Crippen molar-refractivity contribution in [1.82, 2.24) is 4.90 Å². The number of anilines is 2. The van der Waals surface area contributed by atoms with Gasteiger partial charge in [0.05, 0.1) is 11.5 Å². The lowest BCUT2D eigenvalue weighted by Crippen LogP contribution is -2.46. The van der Waals surface area contributed by atoms with Crippen LogP contribution in [0.2, 0.25) is 0 Å². The van der Waals surface area contributed by atoms with Gasteiger partial charge in [0.2, 0.25) is 11.8 Å². The van der Waals surface area contributed by atoms with E-state index in [0.717, 1.165) is 18.4 Å². The molecule has 1 saturated carbocycles. The number of nitrogens with one attached hydrogen (secondary N) is 2. The monoisotopic (exact) mass is 427 g/mol. The minimum absolute atomic E-state index is 0.0379. The van der Waals surface area contributed by atoms with Gasteiger partial charge < -0.3 is 10.6 Å². The average Bonchev–Trinajstić information content (AvgIpc) is 3.57. The second-order valence-corrected chi connectivity index (χ2v) is 10.1. The van der Waals surface area contributed by atoms with Gasteiger partial charge in [-0.05, 0) is 42.7 Å². The van der Waals surface area contributed by atoms with Gasteiger partial charge in [-0.1, -0.05) is 30.3 Å². The average molecular weight is 428 g/mol. The molecule has 1 saturated heterocycles. The van der Waals surface area contributed by atoms with E-state index in [1.165, 1.54) is 0 Å². The Hall–Kier alpha value is -2.71. The second-order valence-electron chi connectivity index (χ2n) is 7.83. The number of amides is 2. The van der Waals surface area contributed by atoms with Crippen LogP contribution in [0.3, 0.4) is 0 Å². The summed E-state index contributed by atoms with van der Waals surface area (Å²) in [5.41, 5.74) is 2.14. The first-order valence-electron chi connectivity index (χ1n) is 10.1. The van der Waals surface area contributed by atoms with E-state index in [9.17, 15) is 18.0 Å². The molecule has 0 aromatic heterocycles. The van der Waals surface area contributed by atoms with Crippen molar-refractivity contribution in [2.24, 2.45) is 5.92 Å². The maximum Gasteiger partial charge on any atom is 0.246 e. The summed E-state index contributed by atoms with van der Waals surface area (Å²) in [5, 5.41) is 5.81. The highest BCUT2D eigenvalue weighted by Gasteiger charge is 2.32. The standard InChI is InChI=1S/C22H25N3O4S/c26-21(17-6-7-17)23-18-8-10-19(11-9-18)24-22(27)20(16-4-2-1-3-5-16)25-12-14-30(28,29)15-13-25/h1-5,8-11,17,20H,6-7,12-15H2,(H,23,26)(H,24,27). The van der Waals surface area contributed by atoms with Crippen LogP contribution in [0, 0.1) is 5.92 Å². The van der Waals surface area contributed by atoms with Gasteiger partial charge in [-0.3, -0.25) is 14.5 Å². The maximum absolute atomic E-state index is 13.2. The number of carbonyl (C=O) groups excluding carboxylic acids is 2. The Bertz CT molecular complexity index is 1000. The molecule has 4 rings (SSSR count). The topological polar surface area (TPSA) is 95.6 Å². The molecule has 2 N–H and O–H groups in total. The van der Waals surface area contributed by atoms with Crippen molar-refractivity contribution in [3.63, 3.8) is 0 Å². The Balaban J connectivity index is 1.47. The van der Waals surface area contributed by atoms with Gasteiger partial charge in [-0.15, -0.1) is 0 Å². The summed E-state index contributed by atoms with van der Waals surface area (Å²) < 4.78 is 23.6. The predicted molar refractivity (Wildman–Crippen MR) is 116 cm³/mol. The number of sulfone groups is 1. The molecule has 1 aliphatic heterocycles. The number of hydrogen-bond donors (Lipinski definition) is 2. The fourth-order valence-corrected chi connectivity index (χ4v) is 4.81. The smallest absolute Gasteiger partial charge is 0.246 e. The van der Waals surface area contributed by atoms with Crippen LogP contribution >= 0.6 is 0 Å². The molecular weight excluding hydrogens is 402 g/mol. The molecule has 1 unspecified atom stereocenters. The lowest BCUT2D eigenvalue weighted by Gasteiger charge is -2.33. The molecule has 2 aliphatic rings. The van der Waals surface area contributed by atoms with Crippen molar-refractivity contribution >= 4 is 33.0 Å². The first kappa shape index (κ1) is 20.6. The van der Waals surface area contributed by atoms with Crippen molar-refractivity contribution in [3.05, 3.63) is 60.2 Å². The Morgan fingerprint density at radius 3 is 2.00 bits per heavy atom. The molecule has 158 valence electrons. The van der Waals surface area contributed by atoms with Crippen molar-refractivity contribution in [2.45, 2.75) is 18.9 Å². The molecule has 2 amide bonds. The first-order valence-corrected chi connectivity index (χ1v) is 11.9. The van der Waals surface area contributed by atoms with E-state index in [4.69, 9.17) is 0 Å². The number of rotatable bonds is 6. The molecule has 8 heteroatoms. The maximum atomic E-state index is 13.2. The predicted octanol–water partition coefficient (Wildman–Crippen LogP) is 2.45. The normalized spacial score (nSPS) is 19.6. The third-order valence-corrected chi connectivity index (χ3v) is 7.09. The molecule has 0 bridgehead atoms. The summed E-state index contributed by atoms with van der Waals surface area (Å²) in [6.45, 7) is 0.642. The molecule has 0 radical (unpaired) electrons. The van der Waals surface area contributed by atoms with Crippen LogP contribution in [0.4, 0.5) is 11.4 Å². The minimum atomic E-state index is -3.04. The van der Waals surface area contributed by atoms with E-state index >= 15 is 0 Å². The van der Waals surface area contributed by atoms with Gasteiger partial charge in [0, 0.05) is 30.4 Å². The fraction of sp³-hybridized carbons (Fsp3) is 0.364. The van der Waals surface area contributed by atoms with Crippen molar-refractivity contribution < 1.29 is 18.0 Å². The van der Waals surface area contributed by atoms with Gasteiger partial charge in [-0.25, -0.2) is 8.42 Å². The van der Waals surface area contributed by atoms with E-state index in [1.54, 1.807) is 24.3 Å². The molecule has 0 spiro atoms. The van der Waals surface area contributed by atoms with Crippen LogP contribution in [0.1, 0.15) is 24.4 Å². The zero-order valence-corrected chi connectivity index (χ0v) is 17.4. The Morgan fingerprint density at radius 1 is 0.867 bits per heavy atom. The van der Waals surface area contributed by atoms with Crippen LogP contribution in [-0.4, -0.2) is 49.7 Å². The molecule has 2 fully saturated rings. The van der Waals surface area contributed by atoms with E-state index < -0.39 is 15.9 Å². The van der Waals surface area contributed by atoms with Crippen LogP contribution in [0.15, 0.2) is 54.6 Å². The summed E-state index contributed by atoms with van der Waals surface area (Å²) in [4.78, 5) is 26.9. The summed E-state index contributed by atoms with van der Waals surface area (Å²) in [6, 6.07) is 15.8. The van der Waals surface area contributed by atoms with Gasteiger partial charge in [0.25, 0.3) is 0 Å². The summed E-state index contributed by atoms with van der Waals surface area (Å²) in [6.07, 6.45) is 1.89. The number of carbonyl (C=O) groups is 2. The summed E-state index contributed by atoms with van der Waals surface area (Å²) >= 11 is 0. The quantitative estimate of drug-likeness (QED) is 0.738. The minimum Gasteiger partial charge on any atom is -0.326 e. The molecule has 2 aromatic carbocycles. The second kappa shape index (κ2) is 8.57. The van der Waals surface area contributed by atoms with Gasteiger partial charge in [0.1, 0.15) is 6.04 Å². The van der Waals surface area contributed by atoms with E-state index in [0.29, 0.717) is 24.5 Å². The third-order valence-electron chi connectivity index (χ3n) is 5.48. The van der Waals surface area contributed by atoms with E-state index in [-0.39, 0.29) is 29.2 Å². The summed E-state index contributed by atoms with van der Waals surface area (Å²) in [5.74, 6) is 0.0634. The number of benzene rings is 2. The largest absolute Gasteiger partial charge is 0.326 e. The van der Waals surface area contributed by atoms with E-state index in [1.807, 2.05) is 35.2 Å². The molecule has 1 atom stereocenters. The highest BCUT2D eigenvalue weighted by Crippen LogP contribution is 2.30. The number of hydrogen-bond acceptors (Lipinski definition) is 5. The Labute approximate surface area is 176 Å². The van der Waals surface area contributed by atoms with Gasteiger partial charge >= 0.3 is 0 Å². The lowest BCUT2D eigenvalue weighted by atomic mass is 10.0. The molecule has 1 heterocycles. The van der Waals surface area contributed by atoms with Gasteiger partial charge in [0.15, 0.2) is 9.84 Å². The summed E-state index contributed by atoms with van der Waals surface area (Å²) in [7, 11) is -3.04.